The number of fused-ring (bicyclic) bond motifs is 1. The minimum Gasteiger partial charge on any atom is -0.385 e. The van der Waals surface area contributed by atoms with Crippen LogP contribution in [-0.4, -0.2) is 58.2 Å². The van der Waals surface area contributed by atoms with Gasteiger partial charge in [0.05, 0.1) is 10.5 Å². The molecule has 0 spiro atoms. The Bertz CT molecular complexity index is 1490. The topological polar surface area (TPSA) is 112 Å². The summed E-state index contributed by atoms with van der Waals surface area (Å²) in [5.41, 5.74) is 16.7. The Labute approximate surface area is 244 Å². The summed E-state index contributed by atoms with van der Waals surface area (Å²) in [6.07, 6.45) is 6.80. The van der Waals surface area contributed by atoms with Gasteiger partial charge in [-0.15, -0.1) is 0 Å². The quantitative estimate of drug-likeness (QED) is 0.251. The zero-order valence-electron chi connectivity index (χ0n) is 23.2. The number of nitrogens with zero attached hydrogens (tertiary/aromatic N) is 4. The molecule has 10 heteroatoms. The van der Waals surface area contributed by atoms with Crippen molar-refractivity contribution in [2.45, 2.75) is 50.6 Å². The number of hydrogen-bond acceptors (Lipinski definition) is 6. The third-order valence-electron chi connectivity index (χ3n) is 7.80. The van der Waals surface area contributed by atoms with Gasteiger partial charge in [0.1, 0.15) is 5.82 Å². The fraction of sp³-hybridized carbons (Fsp3) is 0.387. The number of aromatic nitrogens is 3. The Morgan fingerprint density at radius 3 is 2.66 bits per heavy atom. The van der Waals surface area contributed by atoms with Crippen molar-refractivity contribution in [1.29, 1.82) is 0 Å². The van der Waals surface area contributed by atoms with Gasteiger partial charge in [0, 0.05) is 80.8 Å². The molecule has 1 aliphatic rings. The van der Waals surface area contributed by atoms with E-state index in [-0.39, 0.29) is 36.1 Å². The minimum atomic E-state index is -0.304. The zero-order chi connectivity index (χ0) is 28.9. The molecule has 4 N–H and O–H groups in total. The number of hydrogen-bond donors (Lipinski definition) is 2. The SMILES string of the molecule is COCCCn1c(C2CCCN(C(=O)CC(N)Cc3ccc(-c4cnc(N)nc4)cc3)C2)cc2c(F)ccc(Cl)c21. The van der Waals surface area contributed by atoms with Crippen molar-refractivity contribution in [1.82, 2.24) is 19.4 Å². The molecular formula is C31H36ClFN6O2. The first-order chi connectivity index (χ1) is 19.8. The summed E-state index contributed by atoms with van der Waals surface area (Å²) >= 11 is 6.54. The molecule has 8 nitrogen and oxygen atoms in total. The number of piperidine rings is 1. The van der Waals surface area contributed by atoms with E-state index < -0.39 is 0 Å². The lowest BCUT2D eigenvalue weighted by Gasteiger charge is -2.34. The lowest BCUT2D eigenvalue weighted by Crippen LogP contribution is -2.42. The van der Waals surface area contributed by atoms with Crippen molar-refractivity contribution in [3.63, 3.8) is 0 Å². The molecule has 41 heavy (non-hydrogen) atoms. The summed E-state index contributed by atoms with van der Waals surface area (Å²) in [7, 11) is 1.67. The van der Waals surface area contributed by atoms with Crippen molar-refractivity contribution >= 4 is 34.4 Å². The maximum atomic E-state index is 14.8. The van der Waals surface area contributed by atoms with Gasteiger partial charge in [-0.2, -0.15) is 0 Å². The van der Waals surface area contributed by atoms with Crippen molar-refractivity contribution in [2.75, 3.05) is 32.5 Å². The summed E-state index contributed by atoms with van der Waals surface area (Å²) in [6, 6.07) is 12.6. The molecule has 5 rings (SSSR count). The number of ether oxygens (including phenoxy) is 1. The number of anilines is 1. The summed E-state index contributed by atoms with van der Waals surface area (Å²) < 4.78 is 22.2. The lowest BCUT2D eigenvalue weighted by atomic mass is 9.93. The van der Waals surface area contributed by atoms with Crippen molar-refractivity contribution in [2.24, 2.45) is 5.73 Å². The molecule has 1 aliphatic heterocycles. The smallest absolute Gasteiger partial charge is 0.224 e. The molecule has 2 aromatic heterocycles. The van der Waals surface area contributed by atoms with Gasteiger partial charge in [-0.05, 0) is 55.0 Å². The Kier molecular flexibility index (Phi) is 9.17. The van der Waals surface area contributed by atoms with Gasteiger partial charge in [-0.25, -0.2) is 14.4 Å². The summed E-state index contributed by atoms with van der Waals surface area (Å²) in [4.78, 5) is 23.3. The van der Waals surface area contributed by atoms with Crippen LogP contribution >= 0.6 is 11.6 Å². The second kappa shape index (κ2) is 13.0. The van der Waals surface area contributed by atoms with Crippen LogP contribution in [0.5, 0.6) is 0 Å². The van der Waals surface area contributed by atoms with Crippen molar-refractivity contribution in [3.8, 4) is 11.1 Å². The van der Waals surface area contributed by atoms with Crippen LogP contribution < -0.4 is 11.5 Å². The van der Waals surface area contributed by atoms with Crippen LogP contribution in [0.4, 0.5) is 10.3 Å². The molecule has 4 aromatic rings. The highest BCUT2D eigenvalue weighted by Gasteiger charge is 2.29. The van der Waals surface area contributed by atoms with Gasteiger partial charge in [0.2, 0.25) is 11.9 Å². The highest BCUT2D eigenvalue weighted by molar-refractivity contribution is 6.35. The average Bonchev–Trinajstić information content (AvgIpc) is 3.37. The molecule has 0 aliphatic carbocycles. The van der Waals surface area contributed by atoms with Crippen LogP contribution in [0.2, 0.25) is 5.02 Å². The molecule has 2 aromatic carbocycles. The van der Waals surface area contributed by atoms with E-state index in [9.17, 15) is 9.18 Å². The average molecular weight is 579 g/mol. The standard InChI is InChI=1S/C31H36ClFN6O2/c1-41-13-3-12-39-28(16-25-27(33)10-9-26(32)30(25)39)22-4-2-11-38(19-22)29(40)15-24(34)14-20-5-7-21(8-6-20)23-17-36-31(35)37-18-23/h5-10,16-18,22,24H,2-4,11-15,19,34H2,1H3,(H2,35,36,37). The second-order valence-corrected chi connectivity index (χ2v) is 11.1. The summed E-state index contributed by atoms with van der Waals surface area (Å²) in [6.45, 7) is 2.52. The van der Waals surface area contributed by atoms with E-state index in [0.29, 0.717) is 48.6 Å². The summed E-state index contributed by atoms with van der Waals surface area (Å²) in [5.74, 6) is 0.0766. The second-order valence-electron chi connectivity index (χ2n) is 10.7. The molecule has 1 fully saturated rings. The van der Waals surface area contributed by atoms with Crippen LogP contribution in [0.3, 0.4) is 0 Å². The Morgan fingerprint density at radius 2 is 1.93 bits per heavy atom. The highest BCUT2D eigenvalue weighted by atomic mass is 35.5. The fourth-order valence-corrected chi connectivity index (χ4v) is 6.03. The first kappa shape index (κ1) is 29.0. The zero-order valence-corrected chi connectivity index (χ0v) is 24.0. The monoisotopic (exact) mass is 578 g/mol. The maximum Gasteiger partial charge on any atom is 0.224 e. The number of rotatable bonds is 10. The number of carbonyl (C=O) groups is 1. The van der Waals surface area contributed by atoms with E-state index in [4.69, 9.17) is 27.8 Å². The van der Waals surface area contributed by atoms with Gasteiger partial charge in [0.15, 0.2) is 0 Å². The number of nitrogens with two attached hydrogens (primary N) is 2. The molecule has 0 bridgehead atoms. The van der Waals surface area contributed by atoms with Crippen LogP contribution in [0.15, 0.2) is 54.9 Å². The number of aryl methyl sites for hydroxylation is 1. The van der Waals surface area contributed by atoms with Crippen LogP contribution in [0.1, 0.15) is 42.9 Å². The molecular weight excluding hydrogens is 543 g/mol. The van der Waals surface area contributed by atoms with Gasteiger partial charge >= 0.3 is 0 Å². The number of halogens is 2. The molecule has 0 saturated carbocycles. The minimum absolute atomic E-state index is 0.0455. The van der Waals surface area contributed by atoms with Crippen LogP contribution in [0, 0.1) is 5.82 Å². The fourth-order valence-electron chi connectivity index (χ4n) is 5.76. The number of nitrogen functional groups attached to an aromatic ring is 1. The first-order valence-electron chi connectivity index (χ1n) is 14.0. The van der Waals surface area contributed by atoms with Crippen molar-refractivity contribution < 1.29 is 13.9 Å². The van der Waals surface area contributed by atoms with E-state index in [2.05, 4.69) is 14.5 Å². The molecule has 216 valence electrons. The molecule has 0 radical (unpaired) electrons. The maximum absolute atomic E-state index is 14.8. The third-order valence-corrected chi connectivity index (χ3v) is 8.11. The van der Waals surface area contributed by atoms with Gasteiger partial charge in [0.25, 0.3) is 0 Å². The van der Waals surface area contributed by atoms with E-state index in [1.807, 2.05) is 35.2 Å². The lowest BCUT2D eigenvalue weighted by molar-refractivity contribution is -0.132. The van der Waals surface area contributed by atoms with Gasteiger partial charge < -0.3 is 25.7 Å². The normalized spacial score (nSPS) is 16.3. The first-order valence-corrected chi connectivity index (χ1v) is 14.4. The van der Waals surface area contributed by atoms with Crippen LogP contribution in [0.25, 0.3) is 22.0 Å². The Morgan fingerprint density at radius 1 is 1.17 bits per heavy atom. The van der Waals surface area contributed by atoms with Gasteiger partial charge in [-0.1, -0.05) is 35.9 Å². The molecule has 1 amide bonds. The number of methoxy groups -OCH3 is 1. The Hall–Kier alpha value is -3.53. The number of likely N-dealkylation sites (tertiary alicyclic amines) is 1. The largest absolute Gasteiger partial charge is 0.385 e. The summed E-state index contributed by atoms with van der Waals surface area (Å²) in [5, 5.41) is 1.04. The van der Waals surface area contributed by atoms with E-state index in [1.54, 1.807) is 25.6 Å². The van der Waals surface area contributed by atoms with Crippen LogP contribution in [-0.2, 0) is 22.5 Å². The molecule has 2 atom stereocenters. The number of amides is 1. The molecule has 1 saturated heterocycles. The van der Waals surface area contributed by atoms with Crippen molar-refractivity contribution in [3.05, 3.63) is 77.0 Å². The Balaban J connectivity index is 1.24. The molecule has 3 heterocycles. The third kappa shape index (κ3) is 6.69. The number of benzene rings is 2. The van der Waals surface area contributed by atoms with E-state index in [0.717, 1.165) is 41.6 Å². The highest BCUT2D eigenvalue weighted by Crippen LogP contribution is 2.36. The van der Waals surface area contributed by atoms with E-state index in [1.165, 1.54) is 6.07 Å². The molecule has 2 unspecified atom stereocenters. The van der Waals surface area contributed by atoms with Gasteiger partial charge in [-0.3, -0.25) is 4.79 Å². The number of carbonyl (C=O) groups excluding carboxylic acids is 1. The predicted molar refractivity (Wildman–Crippen MR) is 160 cm³/mol. The predicted octanol–water partition coefficient (Wildman–Crippen LogP) is 5.18. The van der Waals surface area contributed by atoms with E-state index >= 15 is 0 Å².